The molecule has 0 amide bonds. The molecule has 0 aromatic heterocycles. The lowest BCUT2D eigenvalue weighted by Crippen LogP contribution is -1.96. The fourth-order valence-electron chi connectivity index (χ4n) is 1.38. The molecule has 0 N–H and O–H groups in total. The lowest BCUT2D eigenvalue weighted by Gasteiger charge is -2.10. The highest BCUT2D eigenvalue weighted by atomic mass is 14.2. The van der Waals surface area contributed by atoms with Crippen LogP contribution in [0.25, 0.3) is 0 Å². The molecule has 1 unspecified atom stereocenters. The third kappa shape index (κ3) is 24.0. The summed E-state index contributed by atoms with van der Waals surface area (Å²) in [6, 6.07) is 2.00. The summed E-state index contributed by atoms with van der Waals surface area (Å²) in [5, 5.41) is 8.26. The highest BCUT2D eigenvalue weighted by Gasteiger charge is 2.01. The highest BCUT2D eigenvalue weighted by molar-refractivity contribution is 5.01. The molecule has 0 heterocycles. The third-order valence-electron chi connectivity index (χ3n) is 2.25. The number of terminal acetylenes is 1. The molecule has 0 aliphatic heterocycles. The Morgan fingerprint density at radius 2 is 1.94 bits per heavy atom. The van der Waals surface area contributed by atoms with Crippen LogP contribution in [0.1, 0.15) is 59.8 Å². The van der Waals surface area contributed by atoms with Crippen molar-refractivity contribution in [3.8, 4) is 18.4 Å². The van der Waals surface area contributed by atoms with Gasteiger partial charge in [0.1, 0.15) is 0 Å². The Kier molecular flexibility index (Phi) is 29.8. The molecular formula is C17H29N. The van der Waals surface area contributed by atoms with Gasteiger partial charge in [0, 0.05) is 6.08 Å². The molecule has 0 aromatic rings. The zero-order valence-electron chi connectivity index (χ0n) is 12.6. The minimum Gasteiger partial charge on any atom is -0.193 e. The Balaban J connectivity index is -0.000000389. The van der Waals surface area contributed by atoms with Crippen molar-refractivity contribution >= 4 is 0 Å². The first kappa shape index (κ1) is 21.8. The van der Waals surface area contributed by atoms with Gasteiger partial charge in [-0.15, -0.1) is 18.9 Å². The Bertz CT molecular complexity index is 250. The number of nitrogens with zero attached hydrogens (tertiary/aromatic N) is 1. The molecule has 0 bridgehead atoms. The largest absolute Gasteiger partial charge is 0.193 e. The molecular weight excluding hydrogens is 218 g/mol. The summed E-state index contributed by atoms with van der Waals surface area (Å²) in [7, 11) is 0. The van der Waals surface area contributed by atoms with Gasteiger partial charge in [0.15, 0.2) is 0 Å². The van der Waals surface area contributed by atoms with Crippen molar-refractivity contribution in [2.75, 3.05) is 0 Å². The molecule has 1 nitrogen and oxygen atoms in total. The molecule has 18 heavy (non-hydrogen) atoms. The molecule has 0 fully saturated rings. The van der Waals surface area contributed by atoms with E-state index in [2.05, 4.69) is 25.8 Å². The van der Waals surface area contributed by atoms with Gasteiger partial charge in [-0.1, -0.05) is 39.3 Å². The second kappa shape index (κ2) is 24.7. The molecule has 0 saturated carbocycles. The lowest BCUT2D eigenvalue weighted by molar-refractivity contribution is 0.462. The van der Waals surface area contributed by atoms with E-state index in [1.165, 1.54) is 19.3 Å². The van der Waals surface area contributed by atoms with Gasteiger partial charge in [-0.2, -0.15) is 5.26 Å². The zero-order valence-corrected chi connectivity index (χ0v) is 12.6. The maximum absolute atomic E-state index is 8.26. The van der Waals surface area contributed by atoms with Crippen molar-refractivity contribution in [3.05, 3.63) is 24.8 Å². The van der Waals surface area contributed by atoms with Crippen molar-refractivity contribution in [1.82, 2.24) is 0 Å². The van der Waals surface area contributed by atoms with E-state index in [1.54, 1.807) is 13.0 Å². The number of unbranched alkanes of at least 4 members (excludes halogenated alkanes) is 1. The van der Waals surface area contributed by atoms with Gasteiger partial charge in [0.05, 0.1) is 6.07 Å². The number of hydrogen-bond acceptors (Lipinski definition) is 1. The van der Waals surface area contributed by atoms with Crippen LogP contribution in [-0.2, 0) is 0 Å². The average molecular weight is 247 g/mol. The summed E-state index contributed by atoms with van der Waals surface area (Å²) in [6.07, 6.45) is 15.9. The predicted octanol–water partition coefficient (Wildman–Crippen LogP) is 5.50. The second-order valence-electron chi connectivity index (χ2n) is 3.55. The first-order valence-electron chi connectivity index (χ1n) is 6.79. The van der Waals surface area contributed by atoms with Gasteiger partial charge < -0.3 is 0 Å². The Labute approximate surface area is 115 Å². The van der Waals surface area contributed by atoms with Crippen LogP contribution in [0.2, 0.25) is 0 Å². The second-order valence-corrected chi connectivity index (χ2v) is 3.55. The maximum Gasteiger partial charge on any atom is 0.0908 e. The highest BCUT2D eigenvalue weighted by Crippen LogP contribution is 2.16. The van der Waals surface area contributed by atoms with Gasteiger partial charge in [-0.25, -0.2) is 0 Å². The van der Waals surface area contributed by atoms with Crippen LogP contribution in [0.3, 0.4) is 0 Å². The summed E-state index contributed by atoms with van der Waals surface area (Å²) in [4.78, 5) is 0. The van der Waals surface area contributed by atoms with Crippen LogP contribution in [0.4, 0.5) is 0 Å². The normalized spacial score (nSPS) is 9.89. The molecule has 0 aliphatic carbocycles. The number of hydrogen-bond donors (Lipinski definition) is 0. The van der Waals surface area contributed by atoms with Crippen LogP contribution < -0.4 is 0 Å². The summed E-state index contributed by atoms with van der Waals surface area (Å²) in [6.45, 7) is 11.6. The molecule has 1 heteroatoms. The Hall–Kier alpha value is -1.47. The minimum atomic E-state index is 0.785. The summed E-state index contributed by atoms with van der Waals surface area (Å²) in [5.74, 6) is 3.04. The van der Waals surface area contributed by atoms with Gasteiger partial charge >= 0.3 is 0 Å². The van der Waals surface area contributed by atoms with Crippen LogP contribution in [-0.4, -0.2) is 0 Å². The predicted molar refractivity (Wildman–Crippen MR) is 83.1 cm³/mol. The summed E-state index contributed by atoms with van der Waals surface area (Å²) < 4.78 is 0. The van der Waals surface area contributed by atoms with Gasteiger partial charge in [0.25, 0.3) is 0 Å². The Morgan fingerprint density at radius 1 is 1.39 bits per heavy atom. The standard InChI is InChI=1S/C12H19N.C3H4.C2H6/c1-3-9-12(4-2)10-7-5-6-8-11-13;1-3-2;1-2/h3,6,8,12H,1,4-5,7,9-10H2,2H3;1H,2H3;1-2H3/b8-6+;;. The molecule has 0 aromatic carbocycles. The zero-order chi connectivity index (χ0) is 14.6. The van der Waals surface area contributed by atoms with Gasteiger partial charge in [-0.05, 0) is 38.5 Å². The third-order valence-corrected chi connectivity index (χ3v) is 2.25. The van der Waals surface area contributed by atoms with E-state index in [0.717, 1.165) is 18.8 Å². The van der Waals surface area contributed by atoms with Crippen molar-refractivity contribution in [3.63, 3.8) is 0 Å². The van der Waals surface area contributed by atoms with E-state index in [9.17, 15) is 0 Å². The van der Waals surface area contributed by atoms with E-state index >= 15 is 0 Å². The van der Waals surface area contributed by atoms with E-state index in [1.807, 2.05) is 32.1 Å². The van der Waals surface area contributed by atoms with E-state index in [0.29, 0.717) is 0 Å². The Morgan fingerprint density at radius 3 is 2.33 bits per heavy atom. The fraction of sp³-hybridized carbons (Fsp3) is 0.588. The van der Waals surface area contributed by atoms with Crippen molar-refractivity contribution in [2.45, 2.75) is 59.8 Å². The molecule has 0 saturated heterocycles. The molecule has 0 rings (SSSR count). The lowest BCUT2D eigenvalue weighted by atomic mass is 9.96. The number of nitriles is 1. The van der Waals surface area contributed by atoms with Crippen molar-refractivity contribution in [2.24, 2.45) is 5.92 Å². The van der Waals surface area contributed by atoms with Gasteiger partial charge in [0.2, 0.25) is 0 Å². The summed E-state index contributed by atoms with van der Waals surface area (Å²) in [5.41, 5.74) is 0. The SMILES string of the molecule is C#CC.C=CCC(CC)CCC/C=C/C#N.CC. The molecule has 1 atom stereocenters. The smallest absolute Gasteiger partial charge is 0.0908 e. The summed E-state index contributed by atoms with van der Waals surface area (Å²) >= 11 is 0. The van der Waals surface area contributed by atoms with Gasteiger partial charge in [-0.3, -0.25) is 0 Å². The maximum atomic E-state index is 8.26. The van der Waals surface area contributed by atoms with Crippen LogP contribution in [0.5, 0.6) is 0 Å². The minimum absolute atomic E-state index is 0.785. The first-order valence-corrected chi connectivity index (χ1v) is 6.79. The van der Waals surface area contributed by atoms with E-state index < -0.39 is 0 Å². The topological polar surface area (TPSA) is 23.8 Å². The quantitative estimate of drug-likeness (QED) is 0.252. The molecule has 0 aliphatic rings. The van der Waals surface area contributed by atoms with Crippen LogP contribution in [0.15, 0.2) is 24.8 Å². The molecule has 102 valence electrons. The number of rotatable bonds is 7. The monoisotopic (exact) mass is 247 g/mol. The van der Waals surface area contributed by atoms with E-state index in [-0.39, 0.29) is 0 Å². The number of allylic oxidation sites excluding steroid dienone is 3. The average Bonchev–Trinajstić information content (AvgIpc) is 2.40. The first-order chi connectivity index (χ1) is 8.76. The molecule has 0 radical (unpaired) electrons. The fourth-order valence-corrected chi connectivity index (χ4v) is 1.38. The van der Waals surface area contributed by atoms with Crippen molar-refractivity contribution in [1.29, 1.82) is 5.26 Å². The van der Waals surface area contributed by atoms with Crippen LogP contribution in [0, 0.1) is 29.6 Å². The van der Waals surface area contributed by atoms with Crippen LogP contribution >= 0.6 is 0 Å². The van der Waals surface area contributed by atoms with Crippen molar-refractivity contribution < 1.29 is 0 Å². The van der Waals surface area contributed by atoms with E-state index in [4.69, 9.17) is 5.26 Å². The molecule has 0 spiro atoms.